The molecule has 1 atom stereocenters. The average Bonchev–Trinajstić information content (AvgIpc) is 2.71. The number of hydrogen-bond acceptors (Lipinski definition) is 6. The Morgan fingerprint density at radius 3 is 1.36 bits per heavy atom. The smallest absolute Gasteiger partial charge is 0.0701 e. The van der Waals surface area contributed by atoms with Gasteiger partial charge in [0.05, 0.1) is 66.1 Å². The normalized spacial score (nSPS) is 12.5. The maximum Gasteiger partial charge on any atom is 0.0701 e. The van der Waals surface area contributed by atoms with Crippen LogP contribution < -0.4 is 0 Å². The molecule has 0 aliphatic carbocycles. The molecule has 1 unspecified atom stereocenters. The summed E-state index contributed by atoms with van der Waals surface area (Å²) in [4.78, 5) is 0. The molecule has 0 N–H and O–H groups in total. The van der Waals surface area contributed by atoms with Crippen molar-refractivity contribution in [1.29, 1.82) is 0 Å². The summed E-state index contributed by atoms with van der Waals surface area (Å²) in [6.07, 6.45) is 6.19. The lowest BCUT2D eigenvalue weighted by Gasteiger charge is -2.10. The molecule has 0 aromatic carbocycles. The van der Waals surface area contributed by atoms with E-state index >= 15 is 0 Å². The van der Waals surface area contributed by atoms with Crippen molar-refractivity contribution in [2.75, 3.05) is 83.7 Å². The van der Waals surface area contributed by atoms with Crippen molar-refractivity contribution in [3.8, 4) is 0 Å². The Labute approximate surface area is 186 Å². The summed E-state index contributed by atoms with van der Waals surface area (Å²) in [7, 11) is 0. The van der Waals surface area contributed by atoms with Gasteiger partial charge >= 0.3 is 0 Å². The van der Waals surface area contributed by atoms with Crippen molar-refractivity contribution < 1.29 is 28.4 Å². The highest BCUT2D eigenvalue weighted by molar-refractivity contribution is 14.1. The summed E-state index contributed by atoms with van der Waals surface area (Å²) in [6.45, 7) is 12.1. The summed E-state index contributed by atoms with van der Waals surface area (Å²) >= 11 is 2.42. The fourth-order valence-corrected chi connectivity index (χ4v) is 2.69. The van der Waals surface area contributed by atoms with Crippen LogP contribution >= 0.6 is 22.6 Å². The molecule has 7 heteroatoms. The third kappa shape index (κ3) is 24.5. The second-order valence-corrected chi connectivity index (χ2v) is 7.83. The van der Waals surface area contributed by atoms with Crippen LogP contribution in [0.4, 0.5) is 0 Å². The van der Waals surface area contributed by atoms with Gasteiger partial charge in [-0.05, 0) is 23.2 Å². The minimum absolute atomic E-state index is 0.578. The quantitative estimate of drug-likeness (QED) is 0.109. The summed E-state index contributed by atoms with van der Waals surface area (Å²) in [5.41, 5.74) is 0. The predicted octanol–water partition coefficient (Wildman–Crippen LogP) is 4.13. The van der Waals surface area contributed by atoms with Gasteiger partial charge in [-0.2, -0.15) is 0 Å². The van der Waals surface area contributed by atoms with Gasteiger partial charge in [0.25, 0.3) is 0 Å². The lowest BCUT2D eigenvalue weighted by atomic mass is 10.1. The first-order valence-corrected chi connectivity index (χ1v) is 12.4. The van der Waals surface area contributed by atoms with Crippen molar-refractivity contribution in [2.24, 2.45) is 5.92 Å². The Morgan fingerprint density at radius 1 is 0.536 bits per heavy atom. The molecule has 0 amide bonds. The molecule has 0 saturated heterocycles. The Hall–Kier alpha value is 0.490. The topological polar surface area (TPSA) is 55.4 Å². The first kappa shape index (κ1) is 28.5. The van der Waals surface area contributed by atoms with Crippen molar-refractivity contribution in [3.05, 3.63) is 0 Å². The highest BCUT2D eigenvalue weighted by Gasteiger charge is 1.98. The molecule has 170 valence electrons. The Kier molecular flexibility index (Phi) is 26.0. The van der Waals surface area contributed by atoms with Crippen LogP contribution in [-0.2, 0) is 28.4 Å². The molecular formula is C21H43IO6. The monoisotopic (exact) mass is 518 g/mol. The standard InChI is InChI=1S/C21H43IO6/c1-3-21(2)20-28-19-18-27-17-16-26-15-14-25-13-12-24-11-10-23-9-7-5-4-6-8-22/h21H,3-20H2,1-2H3. The van der Waals surface area contributed by atoms with Crippen molar-refractivity contribution >= 4 is 22.6 Å². The van der Waals surface area contributed by atoms with Crippen LogP contribution in [0.1, 0.15) is 46.0 Å². The Bertz CT molecular complexity index is 284. The first-order valence-electron chi connectivity index (χ1n) is 10.8. The van der Waals surface area contributed by atoms with Crippen LogP contribution in [0.2, 0.25) is 0 Å². The lowest BCUT2D eigenvalue weighted by Crippen LogP contribution is -2.14. The van der Waals surface area contributed by atoms with E-state index in [1.165, 1.54) is 23.7 Å². The first-order chi connectivity index (χ1) is 13.8. The van der Waals surface area contributed by atoms with E-state index in [-0.39, 0.29) is 0 Å². The largest absolute Gasteiger partial charge is 0.379 e. The van der Waals surface area contributed by atoms with Crippen LogP contribution in [0.5, 0.6) is 0 Å². The number of alkyl halides is 1. The SMILES string of the molecule is CCC(C)COCCOCCOCCOCCOCCOCCCCCCI. The van der Waals surface area contributed by atoms with Gasteiger partial charge in [0.2, 0.25) is 0 Å². The van der Waals surface area contributed by atoms with Crippen LogP contribution in [0, 0.1) is 5.92 Å². The van der Waals surface area contributed by atoms with Gasteiger partial charge in [0.15, 0.2) is 0 Å². The number of halogens is 1. The van der Waals surface area contributed by atoms with E-state index in [0.717, 1.165) is 26.1 Å². The highest BCUT2D eigenvalue weighted by atomic mass is 127. The second kappa shape index (κ2) is 25.5. The van der Waals surface area contributed by atoms with Crippen molar-refractivity contribution in [1.82, 2.24) is 0 Å². The lowest BCUT2D eigenvalue weighted by molar-refractivity contribution is -0.0182. The number of rotatable bonds is 24. The molecule has 0 saturated carbocycles. The van der Waals surface area contributed by atoms with E-state index in [4.69, 9.17) is 28.4 Å². The van der Waals surface area contributed by atoms with Gasteiger partial charge in [-0.3, -0.25) is 0 Å². The molecular weight excluding hydrogens is 475 g/mol. The molecule has 0 spiro atoms. The third-order valence-electron chi connectivity index (χ3n) is 4.13. The Morgan fingerprint density at radius 2 is 0.929 bits per heavy atom. The summed E-state index contributed by atoms with van der Waals surface area (Å²) in [5, 5.41) is 0. The molecule has 28 heavy (non-hydrogen) atoms. The van der Waals surface area contributed by atoms with Crippen molar-refractivity contribution in [3.63, 3.8) is 0 Å². The van der Waals surface area contributed by atoms with E-state index < -0.39 is 0 Å². The molecule has 0 aromatic rings. The Balaban J connectivity index is 3.00. The fraction of sp³-hybridized carbons (Fsp3) is 1.00. The van der Waals surface area contributed by atoms with E-state index in [2.05, 4.69) is 36.4 Å². The number of hydrogen-bond donors (Lipinski definition) is 0. The van der Waals surface area contributed by atoms with Gasteiger partial charge in [-0.25, -0.2) is 0 Å². The molecule has 0 heterocycles. The maximum atomic E-state index is 5.54. The highest BCUT2D eigenvalue weighted by Crippen LogP contribution is 2.02. The molecule has 0 fully saturated rings. The van der Waals surface area contributed by atoms with Gasteiger partial charge < -0.3 is 28.4 Å². The van der Waals surface area contributed by atoms with E-state index in [0.29, 0.717) is 72.0 Å². The van der Waals surface area contributed by atoms with E-state index in [9.17, 15) is 0 Å². The second-order valence-electron chi connectivity index (χ2n) is 6.75. The third-order valence-corrected chi connectivity index (χ3v) is 4.89. The zero-order valence-corrected chi connectivity index (χ0v) is 20.3. The summed E-state index contributed by atoms with van der Waals surface area (Å²) in [6, 6.07) is 0. The number of unbranched alkanes of at least 4 members (excludes halogenated alkanes) is 3. The minimum Gasteiger partial charge on any atom is -0.379 e. The van der Waals surface area contributed by atoms with Gasteiger partial charge in [-0.15, -0.1) is 0 Å². The van der Waals surface area contributed by atoms with Crippen LogP contribution in [0.15, 0.2) is 0 Å². The molecule has 0 rings (SSSR count). The molecule has 0 aliphatic rings. The van der Waals surface area contributed by atoms with Gasteiger partial charge in [0.1, 0.15) is 0 Å². The van der Waals surface area contributed by atoms with Crippen LogP contribution in [-0.4, -0.2) is 83.7 Å². The molecule has 0 radical (unpaired) electrons. The molecule has 0 aromatic heterocycles. The van der Waals surface area contributed by atoms with E-state index in [1.807, 2.05) is 0 Å². The molecule has 6 nitrogen and oxygen atoms in total. The predicted molar refractivity (Wildman–Crippen MR) is 122 cm³/mol. The summed E-state index contributed by atoms with van der Waals surface area (Å²) < 4.78 is 34.1. The van der Waals surface area contributed by atoms with Gasteiger partial charge in [0, 0.05) is 13.2 Å². The maximum absolute atomic E-state index is 5.54. The van der Waals surface area contributed by atoms with E-state index in [1.54, 1.807) is 0 Å². The zero-order chi connectivity index (χ0) is 20.5. The molecule has 0 bridgehead atoms. The van der Waals surface area contributed by atoms with Gasteiger partial charge in [-0.1, -0.05) is 55.7 Å². The minimum atomic E-state index is 0.578. The fourth-order valence-electron chi connectivity index (χ4n) is 2.15. The average molecular weight is 518 g/mol. The van der Waals surface area contributed by atoms with Crippen LogP contribution in [0.25, 0.3) is 0 Å². The van der Waals surface area contributed by atoms with Crippen molar-refractivity contribution in [2.45, 2.75) is 46.0 Å². The zero-order valence-electron chi connectivity index (χ0n) is 18.1. The van der Waals surface area contributed by atoms with Crippen LogP contribution in [0.3, 0.4) is 0 Å². The molecule has 0 aliphatic heterocycles. The number of ether oxygens (including phenoxy) is 6. The summed E-state index contributed by atoms with van der Waals surface area (Å²) in [5.74, 6) is 0.618.